The van der Waals surface area contributed by atoms with Crippen molar-refractivity contribution >= 4 is 23.2 Å². The number of hydrogen-bond acceptors (Lipinski definition) is 2. The molecule has 0 aliphatic heterocycles. The standard InChI is InChI=1S/C6H2ClFO2/c7-5-3(9)1-2-4(10)6(5)8/h1-2H. The second kappa shape index (κ2) is 2.34. The molecule has 0 spiro atoms. The van der Waals surface area contributed by atoms with Gasteiger partial charge in [-0.05, 0) is 12.2 Å². The summed E-state index contributed by atoms with van der Waals surface area (Å²) in [6.07, 6.45) is 1.79. The van der Waals surface area contributed by atoms with Crippen LogP contribution in [0.3, 0.4) is 0 Å². The van der Waals surface area contributed by atoms with Crippen LogP contribution in [-0.2, 0) is 9.59 Å². The predicted molar refractivity (Wildman–Crippen MR) is 33.1 cm³/mol. The first-order valence-corrected chi connectivity index (χ1v) is 2.82. The van der Waals surface area contributed by atoms with E-state index in [0.717, 1.165) is 12.2 Å². The van der Waals surface area contributed by atoms with Crippen molar-refractivity contribution in [1.29, 1.82) is 0 Å². The van der Waals surface area contributed by atoms with Crippen molar-refractivity contribution in [2.24, 2.45) is 0 Å². The summed E-state index contributed by atoms with van der Waals surface area (Å²) in [5, 5.41) is -0.632. The molecule has 0 N–H and O–H groups in total. The van der Waals surface area contributed by atoms with Gasteiger partial charge in [0.15, 0.2) is 11.6 Å². The van der Waals surface area contributed by atoms with Gasteiger partial charge in [-0.2, -0.15) is 0 Å². The lowest BCUT2D eigenvalue weighted by Gasteiger charge is -1.99. The lowest BCUT2D eigenvalue weighted by Crippen LogP contribution is -2.07. The summed E-state index contributed by atoms with van der Waals surface area (Å²) in [5.41, 5.74) is 0. The first-order chi connectivity index (χ1) is 4.63. The van der Waals surface area contributed by atoms with Crippen molar-refractivity contribution in [1.82, 2.24) is 0 Å². The molecule has 2 nitrogen and oxygen atoms in total. The van der Waals surface area contributed by atoms with Gasteiger partial charge in [0.2, 0.25) is 5.78 Å². The van der Waals surface area contributed by atoms with Crippen molar-refractivity contribution in [2.75, 3.05) is 0 Å². The molecular weight excluding hydrogens is 159 g/mol. The predicted octanol–water partition coefficient (Wildman–Crippen LogP) is 1.11. The van der Waals surface area contributed by atoms with Crippen molar-refractivity contribution in [3.8, 4) is 0 Å². The van der Waals surface area contributed by atoms with Crippen LogP contribution in [-0.4, -0.2) is 11.6 Å². The Bertz CT molecular complexity index is 239. The van der Waals surface area contributed by atoms with E-state index in [0.29, 0.717) is 0 Å². The molecule has 1 aliphatic carbocycles. The Hall–Kier alpha value is -0.960. The Labute approximate surface area is 61.0 Å². The van der Waals surface area contributed by atoms with Crippen LogP contribution in [0.1, 0.15) is 0 Å². The number of ketones is 2. The molecule has 0 aromatic rings. The van der Waals surface area contributed by atoms with Crippen LogP contribution in [0.25, 0.3) is 0 Å². The zero-order chi connectivity index (χ0) is 7.72. The maximum absolute atomic E-state index is 12.3. The van der Waals surface area contributed by atoms with Gasteiger partial charge in [-0.1, -0.05) is 11.6 Å². The minimum Gasteiger partial charge on any atom is -0.288 e. The van der Waals surface area contributed by atoms with Gasteiger partial charge >= 0.3 is 0 Å². The zero-order valence-corrected chi connectivity index (χ0v) is 5.48. The van der Waals surface area contributed by atoms with E-state index >= 15 is 0 Å². The average Bonchev–Trinajstić information content (AvgIpc) is 1.93. The van der Waals surface area contributed by atoms with Gasteiger partial charge in [0.1, 0.15) is 5.03 Å². The van der Waals surface area contributed by atoms with Crippen LogP contribution >= 0.6 is 11.6 Å². The van der Waals surface area contributed by atoms with Crippen molar-refractivity contribution in [3.05, 3.63) is 23.0 Å². The van der Waals surface area contributed by atoms with Gasteiger partial charge in [0, 0.05) is 0 Å². The third-order valence-corrected chi connectivity index (χ3v) is 1.36. The summed E-state index contributed by atoms with van der Waals surface area (Å²) in [5.74, 6) is -2.70. The molecule has 10 heavy (non-hydrogen) atoms. The molecule has 0 bridgehead atoms. The van der Waals surface area contributed by atoms with E-state index in [-0.39, 0.29) is 0 Å². The first-order valence-electron chi connectivity index (χ1n) is 2.45. The van der Waals surface area contributed by atoms with Gasteiger partial charge in [0.25, 0.3) is 0 Å². The van der Waals surface area contributed by atoms with E-state index in [1.165, 1.54) is 0 Å². The summed E-state index contributed by atoms with van der Waals surface area (Å²) in [7, 11) is 0. The number of hydrogen-bond donors (Lipinski definition) is 0. The Morgan fingerprint density at radius 2 is 1.70 bits per heavy atom. The maximum atomic E-state index is 12.3. The Morgan fingerprint density at radius 1 is 1.20 bits per heavy atom. The van der Waals surface area contributed by atoms with Crippen molar-refractivity contribution in [2.45, 2.75) is 0 Å². The van der Waals surface area contributed by atoms with Crippen LogP contribution in [0.2, 0.25) is 0 Å². The van der Waals surface area contributed by atoms with Crippen molar-refractivity contribution in [3.63, 3.8) is 0 Å². The number of halogens is 2. The molecule has 1 rings (SSSR count). The number of allylic oxidation sites excluding steroid dienone is 4. The molecule has 52 valence electrons. The molecule has 0 aromatic heterocycles. The number of rotatable bonds is 0. The largest absolute Gasteiger partial charge is 0.288 e. The zero-order valence-electron chi connectivity index (χ0n) is 4.73. The van der Waals surface area contributed by atoms with Gasteiger partial charge in [-0.25, -0.2) is 4.39 Å². The fourth-order valence-electron chi connectivity index (χ4n) is 0.514. The Balaban J connectivity index is 3.12. The highest BCUT2D eigenvalue weighted by atomic mass is 35.5. The average molecular weight is 161 g/mol. The molecule has 0 atom stereocenters. The molecule has 0 heterocycles. The van der Waals surface area contributed by atoms with E-state index in [2.05, 4.69) is 0 Å². The SMILES string of the molecule is O=C1C=CC(=O)C(Cl)=C1F. The third kappa shape index (κ3) is 0.998. The molecule has 0 saturated heterocycles. The smallest absolute Gasteiger partial charge is 0.216 e. The van der Waals surface area contributed by atoms with Crippen molar-refractivity contribution < 1.29 is 14.0 Å². The normalized spacial score (nSPS) is 18.6. The van der Waals surface area contributed by atoms with Gasteiger partial charge in [0.05, 0.1) is 0 Å². The summed E-state index contributed by atoms with van der Waals surface area (Å²) >= 11 is 5.10. The topological polar surface area (TPSA) is 34.1 Å². The fraction of sp³-hybridized carbons (Fsp3) is 0. The highest BCUT2D eigenvalue weighted by molar-refractivity contribution is 6.47. The molecule has 4 heteroatoms. The van der Waals surface area contributed by atoms with Crippen LogP contribution in [0.5, 0.6) is 0 Å². The molecule has 0 aromatic carbocycles. The van der Waals surface area contributed by atoms with E-state index in [1.807, 2.05) is 0 Å². The molecule has 1 aliphatic rings. The lowest BCUT2D eigenvalue weighted by atomic mass is 10.1. The second-order valence-corrected chi connectivity index (χ2v) is 2.07. The monoisotopic (exact) mass is 160 g/mol. The van der Waals surface area contributed by atoms with Gasteiger partial charge < -0.3 is 0 Å². The maximum Gasteiger partial charge on any atom is 0.216 e. The van der Waals surface area contributed by atoms with E-state index < -0.39 is 22.4 Å². The minimum absolute atomic E-state index is 0.632. The molecule has 0 unspecified atom stereocenters. The summed E-state index contributed by atoms with van der Waals surface area (Å²) in [6, 6.07) is 0. The Morgan fingerprint density at radius 3 is 2.20 bits per heavy atom. The van der Waals surface area contributed by atoms with Gasteiger partial charge in [-0.3, -0.25) is 9.59 Å². The summed E-state index contributed by atoms with van der Waals surface area (Å²) < 4.78 is 12.3. The molecule has 0 amide bonds. The summed E-state index contributed by atoms with van der Waals surface area (Å²) in [4.78, 5) is 20.9. The fourth-order valence-corrected chi connectivity index (χ4v) is 0.670. The molecule has 0 radical (unpaired) electrons. The number of carbonyl (C=O) groups excluding carboxylic acids is 2. The van der Waals surface area contributed by atoms with Crippen LogP contribution in [0.4, 0.5) is 4.39 Å². The van der Waals surface area contributed by atoms with Crippen LogP contribution in [0.15, 0.2) is 23.0 Å². The number of carbonyl (C=O) groups is 2. The van der Waals surface area contributed by atoms with E-state index in [1.54, 1.807) is 0 Å². The quantitative estimate of drug-likeness (QED) is 0.498. The lowest BCUT2D eigenvalue weighted by molar-refractivity contribution is -0.115. The summed E-state index contributed by atoms with van der Waals surface area (Å²) in [6.45, 7) is 0. The highest BCUT2D eigenvalue weighted by Crippen LogP contribution is 2.17. The first kappa shape index (κ1) is 7.15. The van der Waals surface area contributed by atoms with Crippen LogP contribution < -0.4 is 0 Å². The molecule has 0 fully saturated rings. The van der Waals surface area contributed by atoms with E-state index in [9.17, 15) is 14.0 Å². The Kier molecular flexibility index (Phi) is 1.68. The third-order valence-electron chi connectivity index (χ3n) is 1.01. The second-order valence-electron chi connectivity index (χ2n) is 1.69. The molecular formula is C6H2ClFO2. The minimum atomic E-state index is -1.17. The highest BCUT2D eigenvalue weighted by Gasteiger charge is 2.20. The van der Waals surface area contributed by atoms with Crippen LogP contribution in [0, 0.1) is 0 Å². The van der Waals surface area contributed by atoms with E-state index in [4.69, 9.17) is 11.6 Å². The van der Waals surface area contributed by atoms with Gasteiger partial charge in [-0.15, -0.1) is 0 Å². The molecule has 0 saturated carbocycles.